The summed E-state index contributed by atoms with van der Waals surface area (Å²) >= 11 is 0. The van der Waals surface area contributed by atoms with Crippen molar-refractivity contribution in [2.45, 2.75) is 0 Å². The molecule has 6 nitrogen and oxygen atoms in total. The number of carboxylic acid groups (broad SMARTS) is 1. The summed E-state index contributed by atoms with van der Waals surface area (Å²) in [7, 11) is 0. The number of benzene rings is 2. The third-order valence-electron chi connectivity index (χ3n) is 3.60. The number of aliphatic carboxylic acids is 1. The number of carbonyl (C=O) groups is 1. The molecule has 134 valence electrons. The summed E-state index contributed by atoms with van der Waals surface area (Å²) in [4.78, 5) is 32.5. The Labute approximate surface area is 152 Å². The lowest BCUT2D eigenvalue weighted by Crippen LogP contribution is -2.02. The second kappa shape index (κ2) is 7.97. The number of fused-ring (bicyclic) bond motifs is 2. The van der Waals surface area contributed by atoms with Crippen LogP contribution in [-0.2, 0) is 4.79 Å². The highest BCUT2D eigenvalue weighted by atomic mass is 16.4. The number of rotatable bonds is 2. The van der Waals surface area contributed by atoms with E-state index in [4.69, 9.17) is 13.9 Å². The lowest BCUT2D eigenvalue weighted by atomic mass is 10.2. The Morgan fingerprint density at radius 1 is 0.815 bits per heavy atom. The highest BCUT2D eigenvalue weighted by Gasteiger charge is 2.02. The van der Waals surface area contributed by atoms with E-state index in [0.717, 1.165) is 16.8 Å². The minimum absolute atomic E-state index is 0.223. The third-order valence-corrected chi connectivity index (χ3v) is 3.60. The van der Waals surface area contributed by atoms with Crippen LogP contribution < -0.4 is 11.3 Å². The normalized spacial score (nSPS) is 10.7. The highest BCUT2D eigenvalue weighted by Crippen LogP contribution is 2.13. The number of para-hydroxylation sites is 2. The van der Waals surface area contributed by atoms with Crippen LogP contribution in [0.5, 0.6) is 0 Å². The fraction of sp³-hybridized carbons (Fsp3) is 0. The molecule has 6 heteroatoms. The van der Waals surface area contributed by atoms with E-state index in [1.807, 2.05) is 24.3 Å². The van der Waals surface area contributed by atoms with Gasteiger partial charge in [-0.05, 0) is 30.3 Å². The zero-order valence-corrected chi connectivity index (χ0v) is 14.0. The molecule has 2 aromatic heterocycles. The van der Waals surface area contributed by atoms with E-state index in [2.05, 4.69) is 0 Å². The summed E-state index contributed by atoms with van der Waals surface area (Å²) in [5.41, 5.74) is 0.501. The van der Waals surface area contributed by atoms with Crippen molar-refractivity contribution in [3.63, 3.8) is 0 Å². The summed E-state index contributed by atoms with van der Waals surface area (Å²) in [5.74, 6) is -1.10. The fourth-order valence-corrected chi connectivity index (χ4v) is 2.37. The predicted molar refractivity (Wildman–Crippen MR) is 102 cm³/mol. The zero-order valence-electron chi connectivity index (χ0n) is 14.0. The van der Waals surface area contributed by atoms with Crippen molar-refractivity contribution in [1.29, 1.82) is 0 Å². The van der Waals surface area contributed by atoms with Gasteiger partial charge in [0.2, 0.25) is 0 Å². The van der Waals surface area contributed by atoms with Crippen molar-refractivity contribution in [3.05, 3.63) is 99.2 Å². The Bertz CT molecular complexity index is 1250. The summed E-state index contributed by atoms with van der Waals surface area (Å²) in [6.45, 7) is 0. The van der Waals surface area contributed by atoms with E-state index in [1.54, 1.807) is 36.4 Å². The topological polar surface area (TPSA) is 97.7 Å². The van der Waals surface area contributed by atoms with E-state index >= 15 is 0 Å². The Kier molecular flexibility index (Phi) is 5.28. The predicted octanol–water partition coefficient (Wildman–Crippen LogP) is 3.68. The van der Waals surface area contributed by atoms with Gasteiger partial charge in [0.1, 0.15) is 11.2 Å². The molecular formula is C21H14O6. The van der Waals surface area contributed by atoms with E-state index in [1.165, 1.54) is 12.1 Å². The van der Waals surface area contributed by atoms with Crippen molar-refractivity contribution in [2.24, 2.45) is 0 Å². The SMILES string of the molecule is O=C(O)C=Cc1cc2ccccc2oc1=O.O=c1ccc2ccccc2o1. The smallest absolute Gasteiger partial charge is 0.343 e. The van der Waals surface area contributed by atoms with E-state index < -0.39 is 11.6 Å². The molecule has 0 saturated heterocycles. The Hall–Kier alpha value is -3.93. The first-order valence-corrected chi connectivity index (χ1v) is 7.96. The molecule has 4 aromatic rings. The first-order valence-electron chi connectivity index (χ1n) is 7.96. The van der Waals surface area contributed by atoms with Gasteiger partial charge in [-0.3, -0.25) is 0 Å². The molecule has 0 atom stereocenters. The lowest BCUT2D eigenvalue weighted by molar-refractivity contribution is -0.131. The van der Waals surface area contributed by atoms with Gasteiger partial charge in [-0.2, -0.15) is 0 Å². The molecule has 1 N–H and O–H groups in total. The molecule has 0 aliphatic carbocycles. The minimum atomic E-state index is -1.10. The Balaban J connectivity index is 0.000000166. The van der Waals surface area contributed by atoms with Gasteiger partial charge in [0.15, 0.2) is 0 Å². The maximum atomic E-state index is 11.4. The molecule has 0 radical (unpaired) electrons. The molecule has 2 aromatic carbocycles. The van der Waals surface area contributed by atoms with E-state index in [-0.39, 0.29) is 11.2 Å². The van der Waals surface area contributed by atoms with Gasteiger partial charge in [0, 0.05) is 22.9 Å². The molecule has 2 heterocycles. The van der Waals surface area contributed by atoms with Crippen LogP contribution in [0.3, 0.4) is 0 Å². The van der Waals surface area contributed by atoms with Gasteiger partial charge in [-0.25, -0.2) is 14.4 Å². The fourth-order valence-electron chi connectivity index (χ4n) is 2.37. The van der Waals surface area contributed by atoms with Crippen LogP contribution in [-0.4, -0.2) is 11.1 Å². The van der Waals surface area contributed by atoms with Gasteiger partial charge in [0.05, 0.1) is 5.56 Å². The highest BCUT2D eigenvalue weighted by molar-refractivity contribution is 5.86. The molecule has 0 saturated carbocycles. The molecule has 0 unspecified atom stereocenters. The molecular weight excluding hydrogens is 348 g/mol. The molecule has 0 aliphatic heterocycles. The first-order chi connectivity index (χ1) is 13.0. The third kappa shape index (κ3) is 4.58. The van der Waals surface area contributed by atoms with Crippen LogP contribution >= 0.6 is 0 Å². The second-order valence-electron chi connectivity index (χ2n) is 5.49. The first kappa shape index (κ1) is 17.9. The number of carboxylic acids is 1. The van der Waals surface area contributed by atoms with Crippen molar-refractivity contribution < 1.29 is 18.7 Å². The van der Waals surface area contributed by atoms with Gasteiger partial charge in [-0.1, -0.05) is 36.4 Å². The van der Waals surface area contributed by atoms with Crippen LogP contribution in [0.2, 0.25) is 0 Å². The largest absolute Gasteiger partial charge is 0.478 e. The van der Waals surface area contributed by atoms with Gasteiger partial charge < -0.3 is 13.9 Å². The molecule has 0 bridgehead atoms. The quantitative estimate of drug-likeness (QED) is 0.431. The Morgan fingerprint density at radius 3 is 2.15 bits per heavy atom. The molecule has 4 rings (SSSR count). The number of hydrogen-bond donors (Lipinski definition) is 1. The van der Waals surface area contributed by atoms with Crippen LogP contribution in [0.15, 0.2) is 91.2 Å². The average Bonchev–Trinajstić information content (AvgIpc) is 2.66. The van der Waals surface area contributed by atoms with Crippen LogP contribution in [0.4, 0.5) is 0 Å². The summed E-state index contributed by atoms with van der Waals surface area (Å²) in [5, 5.41) is 10.2. The van der Waals surface area contributed by atoms with Gasteiger partial charge in [0.25, 0.3) is 0 Å². The van der Waals surface area contributed by atoms with Crippen LogP contribution in [0.25, 0.3) is 28.0 Å². The van der Waals surface area contributed by atoms with Gasteiger partial charge >= 0.3 is 17.2 Å². The number of hydrogen-bond acceptors (Lipinski definition) is 5. The van der Waals surface area contributed by atoms with E-state index in [0.29, 0.717) is 11.2 Å². The van der Waals surface area contributed by atoms with Crippen molar-refractivity contribution >= 4 is 34.0 Å². The summed E-state index contributed by atoms with van der Waals surface area (Å²) < 4.78 is 9.93. The summed E-state index contributed by atoms with van der Waals surface area (Å²) in [6.07, 6.45) is 2.13. The molecule has 0 amide bonds. The maximum Gasteiger partial charge on any atom is 0.343 e. The van der Waals surface area contributed by atoms with Gasteiger partial charge in [-0.15, -0.1) is 0 Å². The molecule has 27 heavy (non-hydrogen) atoms. The zero-order chi connectivity index (χ0) is 19.2. The summed E-state index contributed by atoms with van der Waals surface area (Å²) in [6, 6.07) is 19.2. The van der Waals surface area contributed by atoms with E-state index in [9.17, 15) is 14.4 Å². The van der Waals surface area contributed by atoms with Crippen LogP contribution in [0.1, 0.15) is 5.56 Å². The maximum absolute atomic E-state index is 11.4. The molecule has 0 aliphatic rings. The molecule has 0 fully saturated rings. The van der Waals surface area contributed by atoms with Crippen molar-refractivity contribution in [1.82, 2.24) is 0 Å². The van der Waals surface area contributed by atoms with Crippen molar-refractivity contribution in [3.8, 4) is 0 Å². The average molecular weight is 362 g/mol. The standard InChI is InChI=1S/C12H8O4.C9H6O2/c13-11(14)6-5-9-7-8-3-1-2-4-10(8)16-12(9)15;10-9-6-5-7-3-1-2-4-8(7)11-9/h1-7H,(H,13,14);1-6H. The molecule has 0 spiro atoms. The second-order valence-corrected chi connectivity index (χ2v) is 5.49. The minimum Gasteiger partial charge on any atom is -0.478 e. The van der Waals surface area contributed by atoms with Crippen LogP contribution in [0, 0.1) is 0 Å². The monoisotopic (exact) mass is 362 g/mol. The Morgan fingerprint density at radius 2 is 1.44 bits per heavy atom. The lowest BCUT2D eigenvalue weighted by Gasteiger charge is -1.96. The van der Waals surface area contributed by atoms with Crippen molar-refractivity contribution in [2.75, 3.05) is 0 Å².